The molecule has 2 aromatic rings. The first-order valence-corrected chi connectivity index (χ1v) is 8.05. The first-order valence-electron chi connectivity index (χ1n) is 6.51. The van der Waals surface area contributed by atoms with Crippen LogP contribution in [-0.4, -0.2) is 27.2 Å². The van der Waals surface area contributed by atoms with E-state index in [0.717, 1.165) is 12.2 Å². The highest BCUT2D eigenvalue weighted by atomic mass is 35.5. The molecule has 2 rings (SSSR count). The number of amides is 1. The van der Waals surface area contributed by atoms with E-state index in [1.165, 1.54) is 6.07 Å². The number of carbonyl (C=O) groups is 1. The van der Waals surface area contributed by atoms with Gasteiger partial charge in [-0.2, -0.15) is 5.10 Å². The summed E-state index contributed by atoms with van der Waals surface area (Å²) in [4.78, 5) is 12.2. The Kier molecular flexibility index (Phi) is 5.86. The molecule has 0 bridgehead atoms. The molecule has 0 saturated carbocycles. The van der Waals surface area contributed by atoms with Crippen molar-refractivity contribution in [1.82, 2.24) is 20.1 Å². The number of hydrogen-bond donors (Lipinski definition) is 2. The molecule has 0 saturated heterocycles. The van der Waals surface area contributed by atoms with E-state index in [4.69, 9.17) is 47.0 Å². The highest BCUT2D eigenvalue weighted by Gasteiger charge is 2.17. The van der Waals surface area contributed by atoms with Crippen LogP contribution in [0.5, 0.6) is 0 Å². The zero-order chi connectivity index (χ0) is 16.3. The molecule has 0 unspecified atom stereocenters. The van der Waals surface area contributed by atoms with Gasteiger partial charge < -0.3 is 9.88 Å². The smallest absolute Gasteiger partial charge is 0.254 e. The standard InChI is InChI=1S/C13H13Cl3N4OS/c1-2-9-18-19-13(22)20(9)6-5-17-12(21)10-7(14)3-4-8(15)11(10)16/h3-4H,2,5-6H2,1H3,(H,17,21)(H,19,22). The van der Waals surface area contributed by atoms with Gasteiger partial charge in [-0.05, 0) is 24.4 Å². The number of halogens is 3. The van der Waals surface area contributed by atoms with Crippen LogP contribution in [0.15, 0.2) is 12.1 Å². The van der Waals surface area contributed by atoms with Crippen LogP contribution in [0.3, 0.4) is 0 Å². The third kappa shape index (κ3) is 3.63. The van der Waals surface area contributed by atoms with Crippen molar-refractivity contribution in [3.8, 4) is 0 Å². The zero-order valence-electron chi connectivity index (χ0n) is 11.6. The molecular weight excluding hydrogens is 367 g/mol. The summed E-state index contributed by atoms with van der Waals surface area (Å²) in [7, 11) is 0. The predicted octanol–water partition coefficient (Wildman–Crippen LogP) is 3.89. The topological polar surface area (TPSA) is 62.7 Å². The highest BCUT2D eigenvalue weighted by Crippen LogP contribution is 2.31. The van der Waals surface area contributed by atoms with Gasteiger partial charge in [-0.1, -0.05) is 41.7 Å². The third-order valence-corrected chi connectivity index (χ3v) is 4.48. The Morgan fingerprint density at radius 3 is 2.73 bits per heavy atom. The molecule has 0 atom stereocenters. The van der Waals surface area contributed by atoms with E-state index in [0.29, 0.717) is 17.9 Å². The van der Waals surface area contributed by atoms with Crippen molar-refractivity contribution in [1.29, 1.82) is 0 Å². The van der Waals surface area contributed by atoms with Crippen molar-refractivity contribution in [2.45, 2.75) is 19.9 Å². The number of hydrogen-bond acceptors (Lipinski definition) is 3. The Balaban J connectivity index is 2.07. The van der Waals surface area contributed by atoms with E-state index in [1.54, 1.807) is 6.07 Å². The molecule has 1 amide bonds. The molecule has 0 aliphatic rings. The second kappa shape index (κ2) is 7.46. The fourth-order valence-electron chi connectivity index (χ4n) is 1.96. The number of aryl methyl sites for hydroxylation is 1. The van der Waals surface area contributed by atoms with Crippen molar-refractivity contribution in [3.05, 3.63) is 43.4 Å². The van der Waals surface area contributed by atoms with Crippen LogP contribution in [0.4, 0.5) is 0 Å². The largest absolute Gasteiger partial charge is 0.350 e. The summed E-state index contributed by atoms with van der Waals surface area (Å²) in [6.45, 7) is 2.84. The second-order valence-electron chi connectivity index (χ2n) is 4.42. The zero-order valence-corrected chi connectivity index (χ0v) is 14.7. The molecule has 118 valence electrons. The molecule has 1 aromatic carbocycles. The van der Waals surface area contributed by atoms with E-state index in [2.05, 4.69) is 15.5 Å². The molecule has 0 aliphatic carbocycles. The summed E-state index contributed by atoms with van der Waals surface area (Å²) in [5.41, 5.74) is 0.169. The van der Waals surface area contributed by atoms with Crippen LogP contribution < -0.4 is 5.32 Å². The van der Waals surface area contributed by atoms with Crippen LogP contribution in [0.25, 0.3) is 0 Å². The van der Waals surface area contributed by atoms with Crippen LogP contribution in [0.1, 0.15) is 23.1 Å². The Morgan fingerprint density at radius 1 is 1.36 bits per heavy atom. The monoisotopic (exact) mass is 378 g/mol. The van der Waals surface area contributed by atoms with Crippen molar-refractivity contribution in [3.63, 3.8) is 0 Å². The van der Waals surface area contributed by atoms with Gasteiger partial charge in [0.2, 0.25) is 0 Å². The van der Waals surface area contributed by atoms with Gasteiger partial charge in [0.05, 0.1) is 20.6 Å². The number of nitrogens with one attached hydrogen (secondary N) is 2. The normalized spacial score (nSPS) is 10.7. The minimum absolute atomic E-state index is 0.140. The maximum Gasteiger partial charge on any atom is 0.254 e. The highest BCUT2D eigenvalue weighted by molar-refractivity contribution is 7.71. The van der Waals surface area contributed by atoms with Crippen molar-refractivity contribution < 1.29 is 4.79 Å². The first kappa shape index (κ1) is 17.3. The Morgan fingerprint density at radius 2 is 2.05 bits per heavy atom. The minimum atomic E-state index is -0.384. The lowest BCUT2D eigenvalue weighted by atomic mass is 10.2. The van der Waals surface area contributed by atoms with Gasteiger partial charge in [0.15, 0.2) is 4.77 Å². The number of aromatic nitrogens is 3. The van der Waals surface area contributed by atoms with Crippen LogP contribution in [0.2, 0.25) is 15.1 Å². The first-order chi connectivity index (χ1) is 10.5. The van der Waals surface area contributed by atoms with Crippen LogP contribution in [0, 0.1) is 4.77 Å². The summed E-state index contributed by atoms with van der Waals surface area (Å²) in [5.74, 6) is 0.448. The van der Waals surface area contributed by atoms with E-state index in [-0.39, 0.29) is 26.5 Å². The van der Waals surface area contributed by atoms with Gasteiger partial charge in [-0.3, -0.25) is 9.89 Å². The second-order valence-corrected chi connectivity index (χ2v) is 6.00. The summed E-state index contributed by atoms with van der Waals surface area (Å²) in [6, 6.07) is 3.08. The minimum Gasteiger partial charge on any atom is -0.350 e. The SMILES string of the molecule is CCc1n[nH]c(=S)n1CCNC(=O)c1c(Cl)ccc(Cl)c1Cl. The lowest BCUT2D eigenvalue weighted by molar-refractivity contribution is 0.0952. The van der Waals surface area contributed by atoms with E-state index in [9.17, 15) is 4.79 Å². The van der Waals surface area contributed by atoms with Crippen molar-refractivity contribution >= 4 is 52.9 Å². The molecular formula is C13H13Cl3N4OS. The number of benzene rings is 1. The van der Waals surface area contributed by atoms with Crippen molar-refractivity contribution in [2.75, 3.05) is 6.54 Å². The maximum atomic E-state index is 12.2. The molecule has 0 fully saturated rings. The number of carbonyl (C=O) groups excluding carboxylic acids is 1. The van der Waals surface area contributed by atoms with Crippen LogP contribution >= 0.6 is 47.0 Å². The average molecular weight is 380 g/mol. The molecule has 9 heteroatoms. The molecule has 22 heavy (non-hydrogen) atoms. The number of aromatic amines is 1. The average Bonchev–Trinajstić information content (AvgIpc) is 2.84. The number of nitrogens with zero attached hydrogens (tertiary/aromatic N) is 2. The van der Waals surface area contributed by atoms with Gasteiger partial charge in [-0.25, -0.2) is 0 Å². The molecule has 0 spiro atoms. The number of H-pyrrole nitrogens is 1. The maximum absolute atomic E-state index is 12.2. The van der Waals surface area contributed by atoms with Crippen LogP contribution in [-0.2, 0) is 13.0 Å². The van der Waals surface area contributed by atoms with Gasteiger partial charge in [0.1, 0.15) is 5.82 Å². The predicted molar refractivity (Wildman–Crippen MR) is 90.6 cm³/mol. The molecule has 5 nitrogen and oxygen atoms in total. The molecule has 2 N–H and O–H groups in total. The summed E-state index contributed by atoms with van der Waals surface area (Å²) >= 11 is 23.1. The molecule has 1 aromatic heterocycles. The van der Waals surface area contributed by atoms with Gasteiger partial charge in [-0.15, -0.1) is 0 Å². The molecule has 0 radical (unpaired) electrons. The Hall–Kier alpha value is -1.08. The fraction of sp³-hybridized carbons (Fsp3) is 0.308. The van der Waals surface area contributed by atoms with Gasteiger partial charge in [0, 0.05) is 19.5 Å². The third-order valence-electron chi connectivity index (χ3n) is 3.05. The van der Waals surface area contributed by atoms with Gasteiger partial charge >= 0.3 is 0 Å². The lowest BCUT2D eigenvalue weighted by Crippen LogP contribution is -2.28. The van der Waals surface area contributed by atoms with E-state index >= 15 is 0 Å². The van der Waals surface area contributed by atoms with Crippen molar-refractivity contribution in [2.24, 2.45) is 0 Å². The summed E-state index contributed by atoms with van der Waals surface area (Å²) in [6.07, 6.45) is 0.743. The number of rotatable bonds is 5. The summed E-state index contributed by atoms with van der Waals surface area (Å²) < 4.78 is 2.35. The Labute approximate surface area is 147 Å². The molecule has 0 aliphatic heterocycles. The summed E-state index contributed by atoms with van der Waals surface area (Å²) in [5, 5.41) is 10.2. The Bertz CT molecular complexity index is 756. The molecule has 1 heterocycles. The fourth-order valence-corrected chi connectivity index (χ4v) is 2.90. The van der Waals surface area contributed by atoms with E-state index in [1.807, 2.05) is 11.5 Å². The lowest BCUT2D eigenvalue weighted by Gasteiger charge is -2.10. The van der Waals surface area contributed by atoms with Gasteiger partial charge in [0.25, 0.3) is 5.91 Å². The quantitative estimate of drug-likeness (QED) is 0.612. The van der Waals surface area contributed by atoms with E-state index < -0.39 is 0 Å².